The number of rotatable bonds is 10. The molecule has 0 bridgehead atoms. The van der Waals surface area contributed by atoms with E-state index in [0.717, 1.165) is 25.6 Å². The Morgan fingerprint density at radius 1 is 1.24 bits per heavy atom. The SMILES string of the molecule is CCN(CC)CCCC(C)NC(=NC)NCC(C)SC.I. The summed E-state index contributed by atoms with van der Waals surface area (Å²) in [5.41, 5.74) is 0. The van der Waals surface area contributed by atoms with Crippen LogP contribution >= 0.6 is 35.7 Å². The fraction of sp³-hybridized carbons (Fsp3) is 0.933. The van der Waals surface area contributed by atoms with Gasteiger partial charge < -0.3 is 15.5 Å². The molecule has 4 nitrogen and oxygen atoms in total. The van der Waals surface area contributed by atoms with Gasteiger partial charge in [0.05, 0.1) is 0 Å². The minimum atomic E-state index is 0. The number of halogens is 1. The molecule has 6 heteroatoms. The van der Waals surface area contributed by atoms with Gasteiger partial charge >= 0.3 is 0 Å². The number of guanidine groups is 1. The summed E-state index contributed by atoms with van der Waals surface area (Å²) in [5, 5.41) is 7.45. The maximum Gasteiger partial charge on any atom is 0.191 e. The highest BCUT2D eigenvalue weighted by atomic mass is 127. The minimum Gasteiger partial charge on any atom is -0.355 e. The highest BCUT2D eigenvalue weighted by molar-refractivity contribution is 14.0. The largest absolute Gasteiger partial charge is 0.355 e. The van der Waals surface area contributed by atoms with Crippen molar-refractivity contribution >= 4 is 41.7 Å². The maximum atomic E-state index is 4.28. The van der Waals surface area contributed by atoms with Crippen molar-refractivity contribution < 1.29 is 0 Å². The van der Waals surface area contributed by atoms with Crippen LogP contribution in [-0.4, -0.2) is 61.6 Å². The third-order valence-corrected chi connectivity index (χ3v) is 4.54. The smallest absolute Gasteiger partial charge is 0.191 e. The molecule has 2 N–H and O–H groups in total. The molecular weight excluding hydrogens is 395 g/mol. The van der Waals surface area contributed by atoms with E-state index in [0.29, 0.717) is 11.3 Å². The lowest BCUT2D eigenvalue weighted by molar-refractivity contribution is 0.292. The zero-order valence-corrected chi connectivity index (χ0v) is 17.8. The molecule has 0 aromatic heterocycles. The summed E-state index contributed by atoms with van der Waals surface area (Å²) in [6.45, 7) is 13.3. The van der Waals surface area contributed by atoms with Crippen LogP contribution in [0.5, 0.6) is 0 Å². The molecule has 2 atom stereocenters. The number of thioether (sulfide) groups is 1. The van der Waals surface area contributed by atoms with Crippen molar-refractivity contribution in [3.63, 3.8) is 0 Å². The Morgan fingerprint density at radius 3 is 2.33 bits per heavy atom. The molecule has 0 aliphatic carbocycles. The van der Waals surface area contributed by atoms with E-state index in [4.69, 9.17) is 0 Å². The van der Waals surface area contributed by atoms with Crippen molar-refractivity contribution in [3.05, 3.63) is 0 Å². The van der Waals surface area contributed by atoms with E-state index in [2.05, 4.69) is 54.5 Å². The molecule has 0 aliphatic rings. The summed E-state index contributed by atoms with van der Waals surface area (Å²) >= 11 is 1.87. The molecule has 0 spiro atoms. The fourth-order valence-electron chi connectivity index (χ4n) is 1.98. The van der Waals surface area contributed by atoms with Crippen molar-refractivity contribution in [2.75, 3.05) is 39.5 Å². The first-order valence-corrected chi connectivity index (χ1v) is 9.08. The third kappa shape index (κ3) is 12.5. The lowest BCUT2D eigenvalue weighted by Crippen LogP contribution is -2.44. The van der Waals surface area contributed by atoms with Crippen molar-refractivity contribution in [3.8, 4) is 0 Å². The van der Waals surface area contributed by atoms with Crippen molar-refractivity contribution in [2.45, 2.75) is 51.8 Å². The minimum absolute atomic E-state index is 0. The van der Waals surface area contributed by atoms with Crippen LogP contribution in [0.3, 0.4) is 0 Å². The van der Waals surface area contributed by atoms with Crippen LogP contribution in [0.4, 0.5) is 0 Å². The van der Waals surface area contributed by atoms with Gasteiger partial charge in [-0.1, -0.05) is 20.8 Å². The van der Waals surface area contributed by atoms with Crippen LogP contribution in [-0.2, 0) is 0 Å². The highest BCUT2D eigenvalue weighted by Gasteiger charge is 2.07. The van der Waals surface area contributed by atoms with E-state index in [1.807, 2.05) is 18.8 Å². The summed E-state index contributed by atoms with van der Waals surface area (Å²) in [7, 11) is 1.84. The van der Waals surface area contributed by atoms with Gasteiger partial charge in [0.25, 0.3) is 0 Å². The van der Waals surface area contributed by atoms with Gasteiger partial charge in [-0.25, -0.2) is 0 Å². The summed E-state index contributed by atoms with van der Waals surface area (Å²) in [5.74, 6) is 0.918. The molecule has 0 saturated carbocycles. The van der Waals surface area contributed by atoms with Crippen LogP contribution in [0.25, 0.3) is 0 Å². The molecule has 0 radical (unpaired) electrons. The Bertz CT molecular complexity index is 260. The molecule has 0 aliphatic heterocycles. The number of hydrogen-bond donors (Lipinski definition) is 2. The molecule has 128 valence electrons. The van der Waals surface area contributed by atoms with Gasteiger partial charge in [-0.3, -0.25) is 4.99 Å². The Morgan fingerprint density at radius 2 is 1.86 bits per heavy atom. The average Bonchev–Trinajstić information content (AvgIpc) is 2.47. The van der Waals surface area contributed by atoms with Crippen molar-refractivity contribution in [1.82, 2.24) is 15.5 Å². The first-order chi connectivity index (χ1) is 9.57. The van der Waals surface area contributed by atoms with Crippen LogP contribution in [0.15, 0.2) is 4.99 Å². The lowest BCUT2D eigenvalue weighted by Gasteiger charge is -2.21. The topological polar surface area (TPSA) is 39.7 Å². The van der Waals surface area contributed by atoms with Crippen LogP contribution < -0.4 is 10.6 Å². The molecule has 0 saturated heterocycles. The van der Waals surface area contributed by atoms with Gasteiger partial charge in [-0.15, -0.1) is 24.0 Å². The second-order valence-electron chi connectivity index (χ2n) is 5.21. The summed E-state index contributed by atoms with van der Waals surface area (Å²) < 4.78 is 0. The second kappa shape index (κ2) is 15.2. The number of nitrogens with zero attached hydrogens (tertiary/aromatic N) is 2. The fourth-order valence-corrected chi connectivity index (χ4v) is 2.23. The Balaban J connectivity index is 0. The molecule has 0 aromatic rings. The summed E-state index contributed by atoms with van der Waals surface area (Å²) in [6, 6.07) is 0.460. The predicted octanol–water partition coefficient (Wildman–Crippen LogP) is 3.03. The van der Waals surface area contributed by atoms with E-state index in [9.17, 15) is 0 Å². The Kier molecular flexibility index (Phi) is 17.1. The Labute approximate surface area is 153 Å². The van der Waals surface area contributed by atoms with Gasteiger partial charge in [0.1, 0.15) is 0 Å². The predicted molar refractivity (Wildman–Crippen MR) is 109 cm³/mol. The molecule has 0 aromatic carbocycles. The first kappa shape index (κ1) is 23.6. The maximum absolute atomic E-state index is 4.28. The zero-order valence-electron chi connectivity index (χ0n) is 14.6. The molecule has 21 heavy (non-hydrogen) atoms. The molecule has 0 rings (SSSR count). The average molecular weight is 430 g/mol. The molecule has 0 heterocycles. The van der Waals surface area contributed by atoms with Gasteiger partial charge in [-0.2, -0.15) is 11.8 Å². The number of aliphatic imine (C=N–C) groups is 1. The summed E-state index contributed by atoms with van der Waals surface area (Å²) in [6.07, 6.45) is 4.54. The molecule has 0 amide bonds. The molecular formula is C15H35IN4S. The van der Waals surface area contributed by atoms with Gasteiger partial charge in [-0.05, 0) is 45.7 Å². The second-order valence-corrected chi connectivity index (χ2v) is 6.49. The van der Waals surface area contributed by atoms with Gasteiger partial charge in [0.15, 0.2) is 5.96 Å². The van der Waals surface area contributed by atoms with E-state index in [1.54, 1.807) is 0 Å². The standard InChI is InChI=1S/C15H34N4S.HI/c1-7-19(8-2)11-9-10-13(3)18-15(16-5)17-12-14(4)20-6;/h13-14H,7-12H2,1-6H3,(H2,16,17,18);1H. The van der Waals surface area contributed by atoms with Gasteiger partial charge in [0.2, 0.25) is 0 Å². The Hall–Kier alpha value is 0.310. The van der Waals surface area contributed by atoms with Crippen LogP contribution in [0, 0.1) is 0 Å². The van der Waals surface area contributed by atoms with Crippen LogP contribution in [0.1, 0.15) is 40.5 Å². The van der Waals surface area contributed by atoms with E-state index < -0.39 is 0 Å². The van der Waals surface area contributed by atoms with Crippen molar-refractivity contribution in [2.24, 2.45) is 4.99 Å². The summed E-state index contributed by atoms with van der Waals surface area (Å²) in [4.78, 5) is 6.76. The van der Waals surface area contributed by atoms with Gasteiger partial charge in [0, 0.05) is 24.9 Å². The normalized spacial score (nSPS) is 14.5. The van der Waals surface area contributed by atoms with E-state index >= 15 is 0 Å². The monoisotopic (exact) mass is 430 g/mol. The van der Waals surface area contributed by atoms with Crippen molar-refractivity contribution in [1.29, 1.82) is 0 Å². The van der Waals surface area contributed by atoms with Crippen LogP contribution in [0.2, 0.25) is 0 Å². The first-order valence-electron chi connectivity index (χ1n) is 7.79. The number of hydrogen-bond acceptors (Lipinski definition) is 3. The highest BCUT2D eigenvalue weighted by Crippen LogP contribution is 2.03. The quantitative estimate of drug-likeness (QED) is 0.318. The number of nitrogens with one attached hydrogen (secondary N) is 2. The molecule has 0 fully saturated rings. The van der Waals surface area contributed by atoms with E-state index in [-0.39, 0.29) is 24.0 Å². The van der Waals surface area contributed by atoms with E-state index in [1.165, 1.54) is 19.4 Å². The molecule has 2 unspecified atom stereocenters. The third-order valence-electron chi connectivity index (χ3n) is 3.57. The zero-order chi connectivity index (χ0) is 15.4. The lowest BCUT2D eigenvalue weighted by atomic mass is 10.2.